The van der Waals surface area contributed by atoms with Gasteiger partial charge in [-0.3, -0.25) is 0 Å². The normalized spacial score (nSPS) is 12.9. The Morgan fingerprint density at radius 3 is 3.00 bits per heavy atom. The highest BCUT2D eigenvalue weighted by Crippen LogP contribution is 2.13. The van der Waals surface area contributed by atoms with Crippen LogP contribution in [0.2, 0.25) is 0 Å². The highest BCUT2D eigenvalue weighted by atomic mass is 16.5. The van der Waals surface area contributed by atoms with Crippen LogP contribution >= 0.6 is 0 Å². The largest absolute Gasteiger partial charge is 0.380 e. The highest BCUT2D eigenvalue weighted by Gasteiger charge is 2.05. The minimum Gasteiger partial charge on any atom is -0.380 e. The highest BCUT2D eigenvalue weighted by molar-refractivity contribution is 5.77. The van der Waals surface area contributed by atoms with Gasteiger partial charge in [-0.1, -0.05) is 12.1 Å². The SMILES string of the molecule is CCOCC(C)Nc1nc2ccccc2[nH]1. The van der Waals surface area contributed by atoms with E-state index in [2.05, 4.69) is 22.2 Å². The van der Waals surface area contributed by atoms with E-state index >= 15 is 0 Å². The van der Waals surface area contributed by atoms with Crippen LogP contribution in [0.5, 0.6) is 0 Å². The van der Waals surface area contributed by atoms with Crippen LogP contribution in [0.15, 0.2) is 24.3 Å². The van der Waals surface area contributed by atoms with Gasteiger partial charge in [0.15, 0.2) is 0 Å². The molecule has 0 aliphatic rings. The van der Waals surface area contributed by atoms with E-state index in [1.807, 2.05) is 31.2 Å². The van der Waals surface area contributed by atoms with Crippen molar-refractivity contribution in [3.8, 4) is 0 Å². The quantitative estimate of drug-likeness (QED) is 0.811. The maximum absolute atomic E-state index is 5.34. The van der Waals surface area contributed by atoms with E-state index < -0.39 is 0 Å². The molecule has 0 bridgehead atoms. The number of imidazole rings is 1. The van der Waals surface area contributed by atoms with Crippen LogP contribution in [-0.4, -0.2) is 29.2 Å². The molecule has 1 heterocycles. The Hall–Kier alpha value is -1.55. The summed E-state index contributed by atoms with van der Waals surface area (Å²) in [5, 5.41) is 3.27. The Bertz CT molecular complexity index is 419. The number of anilines is 1. The fourth-order valence-corrected chi connectivity index (χ4v) is 1.59. The van der Waals surface area contributed by atoms with Crippen molar-refractivity contribution in [3.05, 3.63) is 24.3 Å². The number of fused-ring (bicyclic) bond motifs is 1. The summed E-state index contributed by atoms with van der Waals surface area (Å²) in [6.45, 7) is 5.50. The number of benzene rings is 1. The maximum Gasteiger partial charge on any atom is 0.201 e. The number of nitrogens with one attached hydrogen (secondary N) is 2. The third-order valence-corrected chi connectivity index (χ3v) is 2.34. The average Bonchev–Trinajstić information content (AvgIpc) is 2.68. The number of hydrogen-bond donors (Lipinski definition) is 2. The molecule has 2 rings (SSSR count). The van der Waals surface area contributed by atoms with Gasteiger partial charge in [-0.15, -0.1) is 0 Å². The van der Waals surface area contributed by atoms with Crippen molar-refractivity contribution in [1.82, 2.24) is 9.97 Å². The second-order valence-corrected chi connectivity index (χ2v) is 3.81. The number of ether oxygens (including phenoxy) is 1. The molecular formula is C12H17N3O. The number of H-pyrrole nitrogens is 1. The standard InChI is InChI=1S/C12H17N3O/c1-3-16-8-9(2)13-12-14-10-6-4-5-7-11(10)15-12/h4-7,9H,3,8H2,1-2H3,(H2,13,14,15). The second kappa shape index (κ2) is 4.99. The van der Waals surface area contributed by atoms with Gasteiger partial charge in [0.05, 0.1) is 17.6 Å². The summed E-state index contributed by atoms with van der Waals surface area (Å²) >= 11 is 0. The summed E-state index contributed by atoms with van der Waals surface area (Å²) < 4.78 is 5.34. The molecule has 1 unspecified atom stereocenters. The summed E-state index contributed by atoms with van der Waals surface area (Å²) in [5.41, 5.74) is 2.03. The van der Waals surface area contributed by atoms with Crippen molar-refractivity contribution in [1.29, 1.82) is 0 Å². The van der Waals surface area contributed by atoms with Gasteiger partial charge < -0.3 is 15.0 Å². The van der Waals surface area contributed by atoms with Gasteiger partial charge in [-0.25, -0.2) is 4.98 Å². The fraction of sp³-hybridized carbons (Fsp3) is 0.417. The van der Waals surface area contributed by atoms with Crippen LogP contribution in [-0.2, 0) is 4.74 Å². The summed E-state index contributed by atoms with van der Waals surface area (Å²) in [7, 11) is 0. The molecule has 1 atom stereocenters. The molecule has 1 aromatic carbocycles. The Morgan fingerprint density at radius 2 is 2.25 bits per heavy atom. The first-order valence-electron chi connectivity index (χ1n) is 5.58. The first-order chi connectivity index (χ1) is 7.79. The molecule has 86 valence electrons. The molecule has 4 heteroatoms. The summed E-state index contributed by atoms with van der Waals surface area (Å²) in [6.07, 6.45) is 0. The molecule has 0 radical (unpaired) electrons. The van der Waals surface area contributed by atoms with Crippen molar-refractivity contribution < 1.29 is 4.74 Å². The van der Waals surface area contributed by atoms with Gasteiger partial charge in [-0.2, -0.15) is 0 Å². The molecule has 0 aliphatic carbocycles. The second-order valence-electron chi connectivity index (χ2n) is 3.81. The van der Waals surface area contributed by atoms with Crippen LogP contribution < -0.4 is 5.32 Å². The van der Waals surface area contributed by atoms with Gasteiger partial charge in [0.25, 0.3) is 0 Å². The first-order valence-corrected chi connectivity index (χ1v) is 5.58. The van der Waals surface area contributed by atoms with Crippen LogP contribution in [0.1, 0.15) is 13.8 Å². The predicted octanol–water partition coefficient (Wildman–Crippen LogP) is 2.40. The number of aromatic amines is 1. The maximum atomic E-state index is 5.34. The lowest BCUT2D eigenvalue weighted by atomic mass is 10.3. The lowest BCUT2D eigenvalue weighted by Crippen LogP contribution is -2.22. The molecule has 0 fully saturated rings. The van der Waals surface area contributed by atoms with E-state index in [0.29, 0.717) is 6.61 Å². The monoisotopic (exact) mass is 219 g/mol. The van der Waals surface area contributed by atoms with Gasteiger partial charge >= 0.3 is 0 Å². The molecule has 0 amide bonds. The lowest BCUT2D eigenvalue weighted by Gasteiger charge is -2.12. The smallest absolute Gasteiger partial charge is 0.201 e. The molecule has 2 aromatic rings. The minimum atomic E-state index is 0.250. The van der Waals surface area contributed by atoms with Crippen LogP contribution in [0.3, 0.4) is 0 Å². The summed E-state index contributed by atoms with van der Waals surface area (Å²) in [5.74, 6) is 0.799. The molecule has 16 heavy (non-hydrogen) atoms. The zero-order valence-corrected chi connectivity index (χ0v) is 9.66. The summed E-state index contributed by atoms with van der Waals surface area (Å²) in [4.78, 5) is 7.66. The van der Waals surface area contributed by atoms with E-state index in [1.54, 1.807) is 0 Å². The van der Waals surface area contributed by atoms with Gasteiger partial charge in [0.1, 0.15) is 0 Å². The van der Waals surface area contributed by atoms with Crippen LogP contribution in [0, 0.1) is 0 Å². The topological polar surface area (TPSA) is 49.9 Å². The van der Waals surface area contributed by atoms with Crippen molar-refractivity contribution in [2.45, 2.75) is 19.9 Å². The number of rotatable bonds is 5. The summed E-state index contributed by atoms with van der Waals surface area (Å²) in [6, 6.07) is 8.23. The van der Waals surface area contributed by atoms with E-state index in [4.69, 9.17) is 4.74 Å². The number of aromatic nitrogens is 2. The molecule has 1 aromatic heterocycles. The molecule has 2 N–H and O–H groups in total. The van der Waals surface area contributed by atoms with E-state index in [-0.39, 0.29) is 6.04 Å². The average molecular weight is 219 g/mol. The van der Waals surface area contributed by atoms with Crippen molar-refractivity contribution in [2.24, 2.45) is 0 Å². The van der Waals surface area contributed by atoms with E-state index in [9.17, 15) is 0 Å². The Labute approximate surface area is 95.0 Å². The fourth-order valence-electron chi connectivity index (χ4n) is 1.59. The van der Waals surface area contributed by atoms with Gasteiger partial charge in [0.2, 0.25) is 5.95 Å². The van der Waals surface area contributed by atoms with Gasteiger partial charge in [-0.05, 0) is 26.0 Å². The molecule has 0 spiro atoms. The zero-order chi connectivity index (χ0) is 11.4. The first kappa shape index (κ1) is 11.0. The number of nitrogens with zero attached hydrogens (tertiary/aromatic N) is 1. The van der Waals surface area contributed by atoms with E-state index in [0.717, 1.165) is 23.6 Å². The lowest BCUT2D eigenvalue weighted by molar-refractivity contribution is 0.141. The van der Waals surface area contributed by atoms with Crippen LogP contribution in [0.4, 0.5) is 5.95 Å². The third kappa shape index (κ3) is 2.52. The molecule has 4 nitrogen and oxygen atoms in total. The third-order valence-electron chi connectivity index (χ3n) is 2.34. The van der Waals surface area contributed by atoms with Crippen LogP contribution in [0.25, 0.3) is 11.0 Å². The van der Waals surface area contributed by atoms with E-state index in [1.165, 1.54) is 0 Å². The Kier molecular flexibility index (Phi) is 3.41. The Morgan fingerprint density at radius 1 is 1.44 bits per heavy atom. The van der Waals surface area contributed by atoms with Crippen molar-refractivity contribution >= 4 is 17.0 Å². The molecule has 0 aliphatic heterocycles. The zero-order valence-electron chi connectivity index (χ0n) is 9.66. The number of para-hydroxylation sites is 2. The van der Waals surface area contributed by atoms with Crippen molar-refractivity contribution in [3.63, 3.8) is 0 Å². The molecule has 0 saturated carbocycles. The van der Waals surface area contributed by atoms with Gasteiger partial charge in [0, 0.05) is 12.6 Å². The number of hydrogen-bond acceptors (Lipinski definition) is 3. The minimum absolute atomic E-state index is 0.250. The molecule has 0 saturated heterocycles. The Balaban J connectivity index is 2.03. The van der Waals surface area contributed by atoms with Crippen molar-refractivity contribution in [2.75, 3.05) is 18.5 Å². The predicted molar refractivity (Wildman–Crippen MR) is 65.7 cm³/mol. The molecular weight excluding hydrogens is 202 g/mol.